The van der Waals surface area contributed by atoms with Gasteiger partial charge in [-0.1, -0.05) is 32.0 Å². The highest BCUT2D eigenvalue weighted by Gasteiger charge is 2.20. The lowest BCUT2D eigenvalue weighted by atomic mass is 10.1. The van der Waals surface area contributed by atoms with Crippen LogP contribution in [0.1, 0.15) is 31.9 Å². The highest BCUT2D eigenvalue weighted by molar-refractivity contribution is 5.96. The van der Waals surface area contributed by atoms with Gasteiger partial charge < -0.3 is 9.64 Å². The van der Waals surface area contributed by atoms with Gasteiger partial charge in [-0.3, -0.25) is 9.69 Å². The Morgan fingerprint density at radius 3 is 2.18 bits per heavy atom. The molecule has 1 amide bonds. The first kappa shape index (κ1) is 18.7. The lowest BCUT2D eigenvalue weighted by Gasteiger charge is -2.28. The van der Waals surface area contributed by atoms with Gasteiger partial charge in [-0.25, -0.2) is 0 Å². The van der Waals surface area contributed by atoms with Crippen LogP contribution < -0.4 is 4.90 Å². The number of para-hydroxylation sites is 1. The van der Waals surface area contributed by atoms with Gasteiger partial charge in [0.15, 0.2) is 0 Å². The highest BCUT2D eigenvalue weighted by atomic mass is 16.5. The first-order chi connectivity index (χ1) is 10.5. The molecule has 1 aromatic rings. The van der Waals surface area contributed by atoms with Crippen molar-refractivity contribution in [1.29, 1.82) is 0 Å². The van der Waals surface area contributed by atoms with Crippen LogP contribution in [0, 0.1) is 13.8 Å². The van der Waals surface area contributed by atoms with Gasteiger partial charge in [0, 0.05) is 18.8 Å². The number of amides is 1. The number of rotatable bonds is 9. The number of anilines is 1. The minimum Gasteiger partial charge on any atom is -0.380 e. The molecule has 124 valence electrons. The second kappa shape index (κ2) is 9.59. The Hall–Kier alpha value is -1.39. The number of nitrogens with zero attached hydrogens (tertiary/aromatic N) is 2. The molecule has 4 nitrogen and oxygen atoms in total. The van der Waals surface area contributed by atoms with Crippen molar-refractivity contribution in [2.75, 3.05) is 44.3 Å². The molecule has 0 aromatic heterocycles. The first-order valence-electron chi connectivity index (χ1n) is 8.21. The largest absolute Gasteiger partial charge is 0.380 e. The lowest BCUT2D eigenvalue weighted by Crippen LogP contribution is -2.42. The number of carbonyl (C=O) groups excluding carboxylic acids is 1. The summed E-state index contributed by atoms with van der Waals surface area (Å²) in [7, 11) is 0. The topological polar surface area (TPSA) is 32.8 Å². The summed E-state index contributed by atoms with van der Waals surface area (Å²) in [5.41, 5.74) is 3.29. The summed E-state index contributed by atoms with van der Waals surface area (Å²) >= 11 is 0. The average Bonchev–Trinajstić information content (AvgIpc) is 2.50. The minimum absolute atomic E-state index is 0.140. The Labute approximate surface area is 135 Å². The molecule has 0 aliphatic heterocycles. The predicted octanol–water partition coefficient (Wildman–Crippen LogP) is 3.01. The summed E-state index contributed by atoms with van der Waals surface area (Å²) in [6.07, 6.45) is 0. The molecule has 0 fully saturated rings. The zero-order chi connectivity index (χ0) is 16.5. The Balaban J connectivity index is 2.99. The van der Waals surface area contributed by atoms with Crippen LogP contribution in [-0.2, 0) is 9.53 Å². The third-order valence-corrected chi connectivity index (χ3v) is 3.93. The van der Waals surface area contributed by atoms with E-state index in [1.165, 1.54) is 0 Å². The van der Waals surface area contributed by atoms with Gasteiger partial charge in [0.25, 0.3) is 0 Å². The van der Waals surface area contributed by atoms with Crippen LogP contribution in [0.5, 0.6) is 0 Å². The standard InChI is InChI=1S/C18H30N2O2/c1-6-19(7-2)14-17(21)20(12-13-22-8-3)18-15(4)10-9-11-16(18)5/h9-11H,6-8,12-14H2,1-5H3. The van der Waals surface area contributed by atoms with Crippen molar-refractivity contribution in [1.82, 2.24) is 4.90 Å². The van der Waals surface area contributed by atoms with Crippen LogP contribution in [0.4, 0.5) is 5.69 Å². The van der Waals surface area contributed by atoms with Crippen molar-refractivity contribution < 1.29 is 9.53 Å². The van der Waals surface area contributed by atoms with Crippen molar-refractivity contribution in [3.05, 3.63) is 29.3 Å². The van der Waals surface area contributed by atoms with Crippen LogP contribution >= 0.6 is 0 Å². The van der Waals surface area contributed by atoms with E-state index in [0.29, 0.717) is 26.3 Å². The minimum atomic E-state index is 0.140. The number of hydrogen-bond donors (Lipinski definition) is 0. The Morgan fingerprint density at radius 2 is 1.68 bits per heavy atom. The van der Waals surface area contributed by atoms with Gasteiger partial charge in [0.2, 0.25) is 5.91 Å². The molecule has 0 atom stereocenters. The van der Waals surface area contributed by atoms with E-state index in [2.05, 4.69) is 44.7 Å². The van der Waals surface area contributed by atoms with E-state index < -0.39 is 0 Å². The Kier molecular flexibility index (Phi) is 8.13. The summed E-state index contributed by atoms with van der Waals surface area (Å²) in [4.78, 5) is 16.8. The van der Waals surface area contributed by atoms with Gasteiger partial charge in [-0.15, -0.1) is 0 Å². The number of aryl methyl sites for hydroxylation is 2. The maximum Gasteiger partial charge on any atom is 0.241 e. The van der Waals surface area contributed by atoms with Gasteiger partial charge in [-0.05, 0) is 45.0 Å². The molecule has 0 bridgehead atoms. The maximum absolute atomic E-state index is 12.8. The molecule has 0 saturated heterocycles. The van der Waals surface area contributed by atoms with E-state index in [1.807, 2.05) is 17.9 Å². The lowest BCUT2D eigenvalue weighted by molar-refractivity contribution is -0.119. The second-order valence-electron chi connectivity index (χ2n) is 5.44. The summed E-state index contributed by atoms with van der Waals surface area (Å²) in [5.74, 6) is 0.140. The van der Waals surface area contributed by atoms with Gasteiger partial charge in [0.05, 0.1) is 13.2 Å². The number of carbonyl (C=O) groups is 1. The normalized spacial score (nSPS) is 11.0. The molecule has 0 saturated carbocycles. The third kappa shape index (κ3) is 5.11. The van der Waals surface area contributed by atoms with Crippen molar-refractivity contribution in [3.63, 3.8) is 0 Å². The molecule has 0 aliphatic carbocycles. The van der Waals surface area contributed by atoms with E-state index in [9.17, 15) is 4.79 Å². The summed E-state index contributed by atoms with van der Waals surface area (Å²) in [6.45, 7) is 14.3. The Morgan fingerprint density at radius 1 is 1.09 bits per heavy atom. The number of hydrogen-bond acceptors (Lipinski definition) is 3. The van der Waals surface area contributed by atoms with Gasteiger partial charge in [-0.2, -0.15) is 0 Å². The zero-order valence-corrected chi connectivity index (χ0v) is 14.7. The second-order valence-corrected chi connectivity index (χ2v) is 5.44. The van der Waals surface area contributed by atoms with Crippen LogP contribution in [0.25, 0.3) is 0 Å². The van der Waals surface area contributed by atoms with Crippen LogP contribution in [-0.4, -0.2) is 50.2 Å². The van der Waals surface area contributed by atoms with Gasteiger partial charge >= 0.3 is 0 Å². The molecule has 0 heterocycles. The van der Waals surface area contributed by atoms with E-state index in [0.717, 1.165) is 29.9 Å². The molecular formula is C18H30N2O2. The van der Waals surface area contributed by atoms with Crippen LogP contribution in [0.15, 0.2) is 18.2 Å². The van der Waals surface area contributed by atoms with Crippen molar-refractivity contribution >= 4 is 11.6 Å². The van der Waals surface area contributed by atoms with Crippen LogP contribution in [0.3, 0.4) is 0 Å². The number of likely N-dealkylation sites (N-methyl/N-ethyl adjacent to an activating group) is 1. The zero-order valence-electron chi connectivity index (χ0n) is 14.7. The summed E-state index contributed by atoms with van der Waals surface area (Å²) in [6, 6.07) is 6.14. The predicted molar refractivity (Wildman–Crippen MR) is 92.6 cm³/mol. The molecule has 4 heteroatoms. The third-order valence-electron chi connectivity index (χ3n) is 3.93. The van der Waals surface area contributed by atoms with E-state index in [-0.39, 0.29) is 5.91 Å². The molecule has 0 aliphatic rings. The smallest absolute Gasteiger partial charge is 0.241 e. The molecule has 0 spiro atoms. The number of ether oxygens (including phenoxy) is 1. The number of benzene rings is 1. The fourth-order valence-corrected chi connectivity index (χ4v) is 2.62. The molecule has 0 unspecified atom stereocenters. The molecule has 0 N–H and O–H groups in total. The molecule has 1 rings (SSSR count). The van der Waals surface area contributed by atoms with E-state index in [1.54, 1.807) is 0 Å². The highest BCUT2D eigenvalue weighted by Crippen LogP contribution is 2.24. The fourth-order valence-electron chi connectivity index (χ4n) is 2.62. The quantitative estimate of drug-likeness (QED) is 0.658. The van der Waals surface area contributed by atoms with E-state index >= 15 is 0 Å². The molecule has 0 radical (unpaired) electrons. The molecule has 1 aromatic carbocycles. The van der Waals surface area contributed by atoms with Crippen molar-refractivity contribution in [3.8, 4) is 0 Å². The Bertz CT molecular complexity index is 450. The maximum atomic E-state index is 12.8. The summed E-state index contributed by atoms with van der Waals surface area (Å²) < 4.78 is 5.47. The van der Waals surface area contributed by atoms with Crippen LogP contribution in [0.2, 0.25) is 0 Å². The van der Waals surface area contributed by atoms with Crippen molar-refractivity contribution in [2.24, 2.45) is 0 Å². The summed E-state index contributed by atoms with van der Waals surface area (Å²) in [5, 5.41) is 0. The SMILES string of the molecule is CCOCCN(C(=O)CN(CC)CC)c1c(C)cccc1C. The average molecular weight is 306 g/mol. The van der Waals surface area contributed by atoms with Crippen molar-refractivity contribution in [2.45, 2.75) is 34.6 Å². The van der Waals surface area contributed by atoms with Gasteiger partial charge in [0.1, 0.15) is 0 Å². The molecule has 22 heavy (non-hydrogen) atoms. The van der Waals surface area contributed by atoms with E-state index in [4.69, 9.17) is 4.74 Å². The first-order valence-corrected chi connectivity index (χ1v) is 8.21. The monoisotopic (exact) mass is 306 g/mol. The fraction of sp³-hybridized carbons (Fsp3) is 0.611. The molecular weight excluding hydrogens is 276 g/mol.